The normalized spacial score (nSPS) is 13.6. The van der Waals surface area contributed by atoms with Crippen molar-refractivity contribution in [1.29, 1.82) is 0 Å². The SMILES string of the molecule is CCN(CCO)C(=O)N(Cc1ccc(C2CCCCC2)cc1)c1ccccc1.O=C(O)O. The molecule has 0 unspecified atom stereocenters. The Kier molecular flexibility index (Phi) is 10.5. The zero-order valence-electron chi connectivity index (χ0n) is 18.7. The Morgan fingerprint density at radius 3 is 2.06 bits per heavy atom. The van der Waals surface area contributed by atoms with E-state index in [1.54, 1.807) is 9.80 Å². The quantitative estimate of drug-likeness (QED) is 0.533. The highest BCUT2D eigenvalue weighted by Gasteiger charge is 2.22. The van der Waals surface area contributed by atoms with Crippen LogP contribution in [0.5, 0.6) is 0 Å². The second kappa shape index (κ2) is 13.4. The lowest BCUT2D eigenvalue weighted by Gasteiger charge is -2.30. The molecule has 1 saturated carbocycles. The summed E-state index contributed by atoms with van der Waals surface area (Å²) in [6.45, 7) is 3.35. The van der Waals surface area contributed by atoms with Gasteiger partial charge in [0.25, 0.3) is 0 Å². The Morgan fingerprint density at radius 2 is 1.53 bits per heavy atom. The first-order valence-corrected chi connectivity index (χ1v) is 11.2. The van der Waals surface area contributed by atoms with Crippen molar-refractivity contribution in [1.82, 2.24) is 4.90 Å². The van der Waals surface area contributed by atoms with Crippen LogP contribution in [0.4, 0.5) is 15.3 Å². The Morgan fingerprint density at radius 1 is 0.938 bits per heavy atom. The maximum atomic E-state index is 13.1. The Balaban J connectivity index is 0.000000837. The molecule has 3 rings (SSSR count). The molecule has 0 bridgehead atoms. The zero-order valence-corrected chi connectivity index (χ0v) is 18.7. The number of hydrogen-bond acceptors (Lipinski definition) is 3. The van der Waals surface area contributed by atoms with Crippen molar-refractivity contribution in [3.63, 3.8) is 0 Å². The Hall–Kier alpha value is -3.06. The smallest absolute Gasteiger partial charge is 0.450 e. The van der Waals surface area contributed by atoms with Crippen LogP contribution in [-0.4, -0.2) is 52.1 Å². The van der Waals surface area contributed by atoms with Crippen molar-refractivity contribution in [2.45, 2.75) is 51.5 Å². The van der Waals surface area contributed by atoms with Gasteiger partial charge in [0, 0.05) is 18.8 Å². The highest BCUT2D eigenvalue weighted by molar-refractivity contribution is 5.91. The number of para-hydroxylation sites is 1. The number of aliphatic hydroxyl groups excluding tert-OH is 1. The predicted octanol–water partition coefficient (Wildman–Crippen LogP) is 5.40. The van der Waals surface area contributed by atoms with Gasteiger partial charge in [0.2, 0.25) is 0 Å². The van der Waals surface area contributed by atoms with Gasteiger partial charge in [-0.1, -0.05) is 61.7 Å². The molecular weight excluding hydrogens is 408 g/mol. The molecule has 1 fully saturated rings. The van der Waals surface area contributed by atoms with Crippen LogP contribution in [0.2, 0.25) is 0 Å². The molecule has 2 aromatic rings. The molecule has 2 aromatic carbocycles. The minimum absolute atomic E-state index is 0.0295. The van der Waals surface area contributed by atoms with E-state index in [1.165, 1.54) is 37.7 Å². The number of amides is 2. The predicted molar refractivity (Wildman–Crippen MR) is 125 cm³/mol. The van der Waals surface area contributed by atoms with Crippen molar-refractivity contribution in [3.8, 4) is 0 Å². The topological polar surface area (TPSA) is 101 Å². The summed E-state index contributed by atoms with van der Waals surface area (Å²) < 4.78 is 0. The van der Waals surface area contributed by atoms with E-state index in [-0.39, 0.29) is 12.6 Å². The summed E-state index contributed by atoms with van der Waals surface area (Å²) in [4.78, 5) is 25.2. The first kappa shape index (κ1) is 25.2. The fourth-order valence-corrected chi connectivity index (χ4v) is 4.07. The van der Waals surface area contributed by atoms with Gasteiger partial charge >= 0.3 is 12.2 Å². The molecule has 2 amide bonds. The molecule has 7 heteroatoms. The number of aliphatic hydroxyl groups is 1. The van der Waals surface area contributed by atoms with Crippen LogP contribution in [0.25, 0.3) is 0 Å². The lowest BCUT2D eigenvalue weighted by atomic mass is 9.84. The molecule has 0 radical (unpaired) electrons. The number of carboxylic acid groups (broad SMARTS) is 2. The third kappa shape index (κ3) is 7.89. The van der Waals surface area contributed by atoms with E-state index in [1.807, 2.05) is 37.3 Å². The number of nitrogens with zero attached hydrogens (tertiary/aromatic N) is 2. The minimum Gasteiger partial charge on any atom is -0.450 e. The largest absolute Gasteiger partial charge is 0.503 e. The summed E-state index contributed by atoms with van der Waals surface area (Å²) in [5, 5.41) is 23.2. The van der Waals surface area contributed by atoms with Crippen LogP contribution < -0.4 is 4.90 Å². The molecular formula is C25H34N2O5. The molecule has 0 spiro atoms. The zero-order chi connectivity index (χ0) is 23.3. The Labute approximate surface area is 189 Å². The van der Waals surface area contributed by atoms with Gasteiger partial charge < -0.3 is 20.2 Å². The number of carbonyl (C=O) groups is 2. The molecule has 3 N–H and O–H groups in total. The highest BCUT2D eigenvalue weighted by Crippen LogP contribution is 2.32. The van der Waals surface area contributed by atoms with Crippen LogP contribution in [-0.2, 0) is 6.54 Å². The highest BCUT2D eigenvalue weighted by atomic mass is 16.6. The number of rotatable bonds is 7. The van der Waals surface area contributed by atoms with E-state index < -0.39 is 6.16 Å². The van der Waals surface area contributed by atoms with E-state index in [0.29, 0.717) is 25.6 Å². The number of likely N-dealkylation sites (N-methyl/N-ethyl adjacent to an activating group) is 1. The average Bonchev–Trinajstić information content (AvgIpc) is 2.82. The molecule has 0 aromatic heterocycles. The van der Waals surface area contributed by atoms with Crippen LogP contribution in [0, 0.1) is 0 Å². The van der Waals surface area contributed by atoms with Crippen LogP contribution in [0.1, 0.15) is 56.1 Å². The van der Waals surface area contributed by atoms with Crippen molar-refractivity contribution in [2.75, 3.05) is 24.6 Å². The van der Waals surface area contributed by atoms with Crippen molar-refractivity contribution >= 4 is 17.9 Å². The molecule has 0 atom stereocenters. The molecule has 1 aliphatic carbocycles. The van der Waals surface area contributed by atoms with Gasteiger partial charge in [-0.05, 0) is 48.9 Å². The molecule has 174 valence electrons. The van der Waals surface area contributed by atoms with Gasteiger partial charge in [-0.3, -0.25) is 4.90 Å². The summed E-state index contributed by atoms with van der Waals surface area (Å²) in [5.74, 6) is 0.690. The summed E-state index contributed by atoms with van der Waals surface area (Å²) in [6, 6.07) is 18.5. The number of hydrogen-bond donors (Lipinski definition) is 3. The first-order chi connectivity index (χ1) is 15.5. The number of benzene rings is 2. The summed E-state index contributed by atoms with van der Waals surface area (Å²) >= 11 is 0. The van der Waals surface area contributed by atoms with E-state index >= 15 is 0 Å². The summed E-state index contributed by atoms with van der Waals surface area (Å²) in [6.07, 6.45) is 4.78. The van der Waals surface area contributed by atoms with Crippen molar-refractivity contribution in [2.24, 2.45) is 0 Å². The number of anilines is 1. The Bertz CT molecular complexity index is 816. The number of urea groups is 1. The average molecular weight is 443 g/mol. The van der Waals surface area contributed by atoms with E-state index in [4.69, 9.17) is 15.0 Å². The third-order valence-corrected chi connectivity index (χ3v) is 5.72. The lowest BCUT2D eigenvalue weighted by Crippen LogP contribution is -2.44. The summed E-state index contributed by atoms with van der Waals surface area (Å²) in [7, 11) is 0. The minimum atomic E-state index is -1.83. The third-order valence-electron chi connectivity index (χ3n) is 5.72. The van der Waals surface area contributed by atoms with Crippen LogP contribution >= 0.6 is 0 Å². The number of carbonyl (C=O) groups excluding carboxylic acids is 1. The van der Waals surface area contributed by atoms with Crippen molar-refractivity contribution < 1.29 is 24.9 Å². The van der Waals surface area contributed by atoms with E-state index in [0.717, 1.165) is 11.3 Å². The second-order valence-electron chi connectivity index (χ2n) is 7.87. The lowest BCUT2D eigenvalue weighted by molar-refractivity contribution is 0.137. The molecule has 7 nitrogen and oxygen atoms in total. The molecule has 32 heavy (non-hydrogen) atoms. The standard InChI is InChI=1S/C24H32N2O2.CH2O3/c1-2-25(17-18-27)24(28)26(23-11-7-4-8-12-23)19-20-13-15-22(16-14-20)21-9-5-3-6-10-21;2-1(3)4/h4,7-8,11-16,21,27H,2-3,5-6,9-10,17-19H2,1H3;(H2,2,3,4). The van der Waals surface area contributed by atoms with Gasteiger partial charge in [-0.2, -0.15) is 0 Å². The first-order valence-electron chi connectivity index (χ1n) is 11.2. The van der Waals surface area contributed by atoms with Gasteiger partial charge in [0.1, 0.15) is 0 Å². The van der Waals surface area contributed by atoms with Gasteiger partial charge in [0.05, 0.1) is 13.2 Å². The maximum Gasteiger partial charge on any atom is 0.503 e. The molecule has 0 saturated heterocycles. The fourth-order valence-electron chi connectivity index (χ4n) is 4.07. The van der Waals surface area contributed by atoms with Crippen LogP contribution in [0.3, 0.4) is 0 Å². The van der Waals surface area contributed by atoms with E-state index in [2.05, 4.69) is 24.3 Å². The maximum absolute atomic E-state index is 13.1. The van der Waals surface area contributed by atoms with Gasteiger partial charge in [-0.15, -0.1) is 0 Å². The molecule has 0 heterocycles. The molecule has 1 aliphatic rings. The fraction of sp³-hybridized carbons (Fsp3) is 0.440. The van der Waals surface area contributed by atoms with Crippen LogP contribution in [0.15, 0.2) is 54.6 Å². The van der Waals surface area contributed by atoms with Gasteiger partial charge in [-0.25, -0.2) is 9.59 Å². The summed E-state index contributed by atoms with van der Waals surface area (Å²) in [5.41, 5.74) is 3.42. The second-order valence-corrected chi connectivity index (χ2v) is 7.87. The van der Waals surface area contributed by atoms with E-state index in [9.17, 15) is 9.90 Å². The molecule has 0 aliphatic heterocycles. The monoisotopic (exact) mass is 442 g/mol. The van der Waals surface area contributed by atoms with Gasteiger partial charge in [0.15, 0.2) is 0 Å². The van der Waals surface area contributed by atoms with Crippen molar-refractivity contribution in [3.05, 3.63) is 65.7 Å².